The zero-order valence-electron chi connectivity index (χ0n) is 15.8. The average molecular weight is 359 g/mol. The minimum Gasteiger partial charge on any atom is -0.334 e. The van der Waals surface area contributed by atoms with Crippen molar-refractivity contribution in [1.29, 1.82) is 0 Å². The molecule has 0 bridgehead atoms. The van der Waals surface area contributed by atoms with Gasteiger partial charge in [-0.15, -0.1) is 0 Å². The van der Waals surface area contributed by atoms with E-state index >= 15 is 0 Å². The van der Waals surface area contributed by atoms with Gasteiger partial charge in [-0.05, 0) is 48.5 Å². The smallest absolute Gasteiger partial charge is 0.319 e. The van der Waals surface area contributed by atoms with Crippen LogP contribution in [0, 0.1) is 0 Å². The van der Waals surface area contributed by atoms with Gasteiger partial charge in [0.2, 0.25) is 0 Å². The number of urea groups is 1. The first-order valence-electron chi connectivity index (χ1n) is 9.03. The molecule has 0 aliphatic heterocycles. The molecule has 0 heterocycles. The summed E-state index contributed by atoms with van der Waals surface area (Å²) in [7, 11) is 4.09. The van der Waals surface area contributed by atoms with Gasteiger partial charge in [-0.1, -0.05) is 66.7 Å². The molecular formula is C23H25N3O. The molecule has 0 atom stereocenters. The Hall–Kier alpha value is -3.11. The lowest BCUT2D eigenvalue weighted by Gasteiger charge is -2.12. The maximum atomic E-state index is 12.2. The first-order valence-corrected chi connectivity index (χ1v) is 9.03. The van der Waals surface area contributed by atoms with Gasteiger partial charge in [-0.2, -0.15) is 0 Å². The molecule has 0 aromatic heterocycles. The molecule has 3 rings (SSSR count). The molecule has 3 aromatic rings. The molecule has 0 aliphatic carbocycles. The van der Waals surface area contributed by atoms with Crippen LogP contribution >= 0.6 is 0 Å². The standard InChI is InChI=1S/C23H25N3O/c1-26(2)17-19-8-6-7-18(15-19)16-24-23(27)25-22-13-11-21(12-14-22)20-9-4-3-5-10-20/h3-15H,16-17H2,1-2H3,(H2,24,25,27). The van der Waals surface area contributed by atoms with Crippen molar-refractivity contribution in [1.82, 2.24) is 10.2 Å². The Morgan fingerprint density at radius 2 is 1.48 bits per heavy atom. The second-order valence-electron chi connectivity index (χ2n) is 6.81. The Kier molecular flexibility index (Phi) is 6.23. The molecule has 0 radical (unpaired) electrons. The Bertz CT molecular complexity index is 874. The summed E-state index contributed by atoms with van der Waals surface area (Å²) in [5.41, 5.74) is 5.37. The first kappa shape index (κ1) is 18.7. The Morgan fingerprint density at radius 1 is 0.815 bits per heavy atom. The fraction of sp³-hybridized carbons (Fsp3) is 0.174. The van der Waals surface area contributed by atoms with E-state index in [2.05, 4.69) is 39.8 Å². The molecule has 0 aliphatic rings. The van der Waals surface area contributed by atoms with Crippen molar-refractivity contribution in [2.75, 3.05) is 19.4 Å². The van der Waals surface area contributed by atoms with Gasteiger partial charge < -0.3 is 15.5 Å². The van der Waals surface area contributed by atoms with Gasteiger partial charge in [0.15, 0.2) is 0 Å². The molecule has 0 fully saturated rings. The number of hydrogen-bond acceptors (Lipinski definition) is 2. The molecule has 4 nitrogen and oxygen atoms in total. The largest absolute Gasteiger partial charge is 0.334 e. The van der Waals surface area contributed by atoms with Gasteiger partial charge in [-0.25, -0.2) is 4.79 Å². The summed E-state index contributed by atoms with van der Waals surface area (Å²) < 4.78 is 0. The van der Waals surface area contributed by atoms with E-state index in [-0.39, 0.29) is 6.03 Å². The molecule has 0 saturated carbocycles. The number of nitrogens with one attached hydrogen (secondary N) is 2. The normalized spacial score (nSPS) is 10.6. The fourth-order valence-electron chi connectivity index (χ4n) is 2.94. The lowest BCUT2D eigenvalue weighted by molar-refractivity contribution is 0.251. The van der Waals surface area contributed by atoms with E-state index in [4.69, 9.17) is 0 Å². The van der Waals surface area contributed by atoms with Crippen LogP contribution in [-0.4, -0.2) is 25.0 Å². The van der Waals surface area contributed by atoms with E-state index in [1.165, 1.54) is 5.56 Å². The highest BCUT2D eigenvalue weighted by atomic mass is 16.2. The zero-order chi connectivity index (χ0) is 19.1. The summed E-state index contributed by atoms with van der Waals surface area (Å²) in [6, 6.07) is 26.1. The van der Waals surface area contributed by atoms with Crippen LogP contribution in [0.5, 0.6) is 0 Å². The average Bonchev–Trinajstić information content (AvgIpc) is 2.67. The second kappa shape index (κ2) is 9.01. The number of benzene rings is 3. The van der Waals surface area contributed by atoms with Crippen molar-refractivity contribution in [3.8, 4) is 11.1 Å². The molecule has 0 spiro atoms. The third kappa shape index (κ3) is 5.69. The van der Waals surface area contributed by atoms with Crippen LogP contribution in [0.3, 0.4) is 0 Å². The van der Waals surface area contributed by atoms with Gasteiger partial charge in [0.25, 0.3) is 0 Å². The number of rotatable bonds is 6. The maximum absolute atomic E-state index is 12.2. The fourth-order valence-corrected chi connectivity index (χ4v) is 2.94. The van der Waals surface area contributed by atoms with Crippen molar-refractivity contribution in [2.45, 2.75) is 13.1 Å². The summed E-state index contributed by atoms with van der Waals surface area (Å²) in [4.78, 5) is 14.3. The number of hydrogen-bond donors (Lipinski definition) is 2. The van der Waals surface area contributed by atoms with E-state index in [1.807, 2.05) is 68.7 Å². The molecule has 4 heteroatoms. The summed E-state index contributed by atoms with van der Waals surface area (Å²) >= 11 is 0. The van der Waals surface area contributed by atoms with Crippen LogP contribution < -0.4 is 10.6 Å². The number of nitrogens with zero attached hydrogens (tertiary/aromatic N) is 1. The third-order valence-electron chi connectivity index (χ3n) is 4.19. The molecule has 2 N–H and O–H groups in total. The lowest BCUT2D eigenvalue weighted by atomic mass is 10.1. The minimum atomic E-state index is -0.208. The van der Waals surface area contributed by atoms with Gasteiger partial charge in [-0.3, -0.25) is 0 Å². The minimum absolute atomic E-state index is 0.208. The molecule has 2 amide bonds. The van der Waals surface area contributed by atoms with Crippen molar-refractivity contribution < 1.29 is 4.79 Å². The highest BCUT2D eigenvalue weighted by molar-refractivity contribution is 5.89. The zero-order valence-corrected chi connectivity index (χ0v) is 15.8. The van der Waals surface area contributed by atoms with Gasteiger partial charge in [0, 0.05) is 18.8 Å². The highest BCUT2D eigenvalue weighted by Gasteiger charge is 2.04. The quantitative estimate of drug-likeness (QED) is 0.668. The van der Waals surface area contributed by atoms with E-state index in [1.54, 1.807) is 0 Å². The lowest BCUT2D eigenvalue weighted by Crippen LogP contribution is -2.28. The van der Waals surface area contributed by atoms with Crippen LogP contribution in [0.4, 0.5) is 10.5 Å². The number of amides is 2. The molecule has 3 aromatic carbocycles. The molecule has 0 unspecified atom stereocenters. The van der Waals surface area contributed by atoms with Crippen LogP contribution in [0.25, 0.3) is 11.1 Å². The SMILES string of the molecule is CN(C)Cc1cccc(CNC(=O)Nc2ccc(-c3ccccc3)cc2)c1. The Balaban J connectivity index is 1.54. The molecule has 27 heavy (non-hydrogen) atoms. The number of carbonyl (C=O) groups is 1. The summed E-state index contributed by atoms with van der Waals surface area (Å²) in [6.45, 7) is 1.38. The van der Waals surface area contributed by atoms with Crippen molar-refractivity contribution in [3.63, 3.8) is 0 Å². The Morgan fingerprint density at radius 3 is 2.19 bits per heavy atom. The monoisotopic (exact) mass is 359 g/mol. The number of anilines is 1. The maximum Gasteiger partial charge on any atom is 0.319 e. The van der Waals surface area contributed by atoms with Crippen LogP contribution in [-0.2, 0) is 13.1 Å². The topological polar surface area (TPSA) is 44.4 Å². The van der Waals surface area contributed by atoms with Crippen LogP contribution in [0.15, 0.2) is 78.9 Å². The number of carbonyl (C=O) groups excluding carboxylic acids is 1. The first-order chi connectivity index (χ1) is 13.1. The van der Waals surface area contributed by atoms with E-state index < -0.39 is 0 Å². The van der Waals surface area contributed by atoms with Gasteiger partial charge >= 0.3 is 6.03 Å². The van der Waals surface area contributed by atoms with Crippen LogP contribution in [0.1, 0.15) is 11.1 Å². The highest BCUT2D eigenvalue weighted by Crippen LogP contribution is 2.20. The van der Waals surface area contributed by atoms with E-state index in [0.29, 0.717) is 6.54 Å². The van der Waals surface area contributed by atoms with Crippen molar-refractivity contribution in [3.05, 3.63) is 90.0 Å². The van der Waals surface area contributed by atoms with E-state index in [9.17, 15) is 4.79 Å². The second-order valence-corrected chi connectivity index (χ2v) is 6.81. The predicted molar refractivity (Wildman–Crippen MR) is 112 cm³/mol. The van der Waals surface area contributed by atoms with Gasteiger partial charge in [0.05, 0.1) is 0 Å². The van der Waals surface area contributed by atoms with Gasteiger partial charge in [0.1, 0.15) is 0 Å². The van der Waals surface area contributed by atoms with Crippen molar-refractivity contribution in [2.24, 2.45) is 0 Å². The van der Waals surface area contributed by atoms with E-state index in [0.717, 1.165) is 28.9 Å². The Labute approximate surface area is 160 Å². The molecule has 0 saturated heterocycles. The third-order valence-corrected chi connectivity index (χ3v) is 4.19. The van der Waals surface area contributed by atoms with Crippen LogP contribution in [0.2, 0.25) is 0 Å². The summed E-state index contributed by atoms with van der Waals surface area (Å²) in [6.07, 6.45) is 0. The summed E-state index contributed by atoms with van der Waals surface area (Å²) in [5.74, 6) is 0. The van der Waals surface area contributed by atoms with Crippen molar-refractivity contribution >= 4 is 11.7 Å². The summed E-state index contributed by atoms with van der Waals surface area (Å²) in [5, 5.41) is 5.79. The molecular weight excluding hydrogens is 334 g/mol. The predicted octanol–water partition coefficient (Wildman–Crippen LogP) is 4.74. The molecule has 138 valence electrons.